The number of carbonyl (C=O) groups excluding carboxylic acids is 1. The van der Waals surface area contributed by atoms with E-state index in [-0.39, 0.29) is 28.9 Å². The van der Waals surface area contributed by atoms with Crippen molar-refractivity contribution >= 4 is 17.3 Å². The number of carbonyl (C=O) groups is 1. The van der Waals surface area contributed by atoms with Gasteiger partial charge >= 0.3 is 0 Å². The smallest absolute Gasteiger partial charge is 0.270 e. The van der Waals surface area contributed by atoms with Crippen molar-refractivity contribution in [1.29, 1.82) is 0 Å². The molecule has 126 valence electrons. The lowest BCUT2D eigenvalue weighted by Gasteiger charge is -2.25. The van der Waals surface area contributed by atoms with Gasteiger partial charge in [0.15, 0.2) is 0 Å². The quantitative estimate of drug-likeness (QED) is 0.519. The van der Waals surface area contributed by atoms with Crippen LogP contribution in [0.15, 0.2) is 42.5 Å². The highest BCUT2D eigenvalue weighted by Gasteiger charge is 2.22. The molecule has 0 fully saturated rings. The molecular weight excluding hydrogens is 306 g/mol. The van der Waals surface area contributed by atoms with Crippen molar-refractivity contribution < 1.29 is 9.72 Å². The predicted molar refractivity (Wildman–Crippen MR) is 93.9 cm³/mol. The fourth-order valence-corrected chi connectivity index (χ4v) is 2.44. The molecule has 0 radical (unpaired) electrons. The topological polar surface area (TPSA) is 89.5 Å². The summed E-state index contributed by atoms with van der Waals surface area (Å²) in [5.41, 5.74) is 8.38. The maximum atomic E-state index is 12.6. The lowest BCUT2D eigenvalue weighted by atomic mass is 10.0. The van der Waals surface area contributed by atoms with Crippen LogP contribution in [0.3, 0.4) is 0 Å². The van der Waals surface area contributed by atoms with E-state index in [1.54, 1.807) is 11.9 Å². The number of nitrogen functional groups attached to an aromatic ring is 1. The molecule has 1 unspecified atom stereocenters. The van der Waals surface area contributed by atoms with Gasteiger partial charge in [-0.3, -0.25) is 14.9 Å². The predicted octanol–water partition coefficient (Wildman–Crippen LogP) is 3.19. The van der Waals surface area contributed by atoms with Crippen molar-refractivity contribution in [2.24, 2.45) is 0 Å². The fraction of sp³-hybridized carbons (Fsp3) is 0.278. The number of non-ortho nitro benzene ring substituents is 1. The van der Waals surface area contributed by atoms with E-state index in [9.17, 15) is 14.9 Å². The van der Waals surface area contributed by atoms with Crippen LogP contribution in [0.1, 0.15) is 28.4 Å². The number of rotatable bonds is 5. The lowest BCUT2D eigenvalue weighted by molar-refractivity contribution is -0.384. The highest BCUT2D eigenvalue weighted by atomic mass is 16.6. The fourth-order valence-electron chi connectivity index (χ4n) is 2.44. The minimum Gasteiger partial charge on any atom is -0.398 e. The van der Waals surface area contributed by atoms with E-state index >= 15 is 0 Å². The van der Waals surface area contributed by atoms with Crippen LogP contribution < -0.4 is 5.73 Å². The van der Waals surface area contributed by atoms with Crippen LogP contribution in [0.25, 0.3) is 0 Å². The summed E-state index contributed by atoms with van der Waals surface area (Å²) in [4.78, 5) is 24.6. The minimum atomic E-state index is -0.536. The summed E-state index contributed by atoms with van der Waals surface area (Å²) in [6.45, 7) is 3.96. The number of benzene rings is 2. The Kier molecular flexibility index (Phi) is 5.18. The number of nitrogens with zero attached hydrogens (tertiary/aromatic N) is 2. The molecule has 6 nitrogen and oxygen atoms in total. The van der Waals surface area contributed by atoms with E-state index in [4.69, 9.17) is 5.73 Å². The molecule has 2 aromatic rings. The molecule has 24 heavy (non-hydrogen) atoms. The minimum absolute atomic E-state index is 0.0705. The molecule has 0 saturated carbocycles. The average Bonchev–Trinajstić information content (AvgIpc) is 2.55. The van der Waals surface area contributed by atoms with Gasteiger partial charge < -0.3 is 10.6 Å². The van der Waals surface area contributed by atoms with Crippen molar-refractivity contribution in [3.8, 4) is 0 Å². The standard InChI is InChI=1S/C18H21N3O3/c1-12-4-6-14(7-5-12)10-13(2)20(3)18(22)16-11-15(21(23)24)8-9-17(16)19/h4-9,11,13H,10,19H2,1-3H3. The third kappa shape index (κ3) is 3.90. The largest absolute Gasteiger partial charge is 0.398 e. The van der Waals surface area contributed by atoms with Gasteiger partial charge in [0, 0.05) is 30.9 Å². The second-order valence-electron chi connectivity index (χ2n) is 5.98. The van der Waals surface area contributed by atoms with Crippen LogP contribution >= 0.6 is 0 Å². The number of nitro groups is 1. The highest BCUT2D eigenvalue weighted by molar-refractivity contribution is 5.99. The number of amides is 1. The van der Waals surface area contributed by atoms with Gasteiger partial charge in [0.1, 0.15) is 0 Å². The van der Waals surface area contributed by atoms with E-state index in [2.05, 4.69) is 0 Å². The van der Waals surface area contributed by atoms with Gasteiger partial charge in [0.25, 0.3) is 11.6 Å². The third-order valence-corrected chi connectivity index (χ3v) is 4.11. The Morgan fingerprint density at radius 2 is 1.88 bits per heavy atom. The van der Waals surface area contributed by atoms with E-state index < -0.39 is 4.92 Å². The van der Waals surface area contributed by atoms with E-state index in [1.807, 2.05) is 38.1 Å². The van der Waals surface area contributed by atoms with Crippen molar-refractivity contribution in [1.82, 2.24) is 4.90 Å². The molecule has 0 spiro atoms. The lowest BCUT2D eigenvalue weighted by Crippen LogP contribution is -2.36. The van der Waals surface area contributed by atoms with Crippen LogP contribution in [0.5, 0.6) is 0 Å². The molecule has 1 amide bonds. The Balaban J connectivity index is 2.17. The summed E-state index contributed by atoms with van der Waals surface area (Å²) in [5, 5.41) is 10.9. The summed E-state index contributed by atoms with van der Waals surface area (Å²) in [5.74, 6) is -0.323. The molecule has 2 N–H and O–H groups in total. The molecule has 0 bridgehead atoms. The van der Waals surface area contributed by atoms with Gasteiger partial charge in [-0.25, -0.2) is 0 Å². The van der Waals surface area contributed by atoms with E-state index in [0.29, 0.717) is 6.42 Å². The van der Waals surface area contributed by atoms with E-state index in [0.717, 1.165) is 5.56 Å². The average molecular weight is 327 g/mol. The van der Waals surface area contributed by atoms with Gasteiger partial charge in [-0.2, -0.15) is 0 Å². The molecule has 0 aromatic heterocycles. The molecule has 2 rings (SSSR count). The Morgan fingerprint density at radius 3 is 2.46 bits per heavy atom. The second-order valence-corrected chi connectivity index (χ2v) is 5.98. The van der Waals surface area contributed by atoms with Crippen LogP contribution in [0, 0.1) is 17.0 Å². The molecule has 0 aliphatic rings. The van der Waals surface area contributed by atoms with Crippen LogP contribution in [0.2, 0.25) is 0 Å². The first-order chi connectivity index (χ1) is 11.3. The molecule has 2 aromatic carbocycles. The van der Waals surface area contributed by atoms with Gasteiger partial charge in [-0.05, 0) is 31.9 Å². The summed E-state index contributed by atoms with van der Waals surface area (Å²) >= 11 is 0. The highest BCUT2D eigenvalue weighted by Crippen LogP contribution is 2.22. The Hall–Kier alpha value is -2.89. The summed E-state index contributed by atoms with van der Waals surface area (Å²) in [6.07, 6.45) is 0.692. The zero-order valence-corrected chi connectivity index (χ0v) is 14.0. The van der Waals surface area contributed by atoms with Gasteiger partial charge in [0.2, 0.25) is 0 Å². The van der Waals surface area contributed by atoms with Crippen LogP contribution in [-0.2, 0) is 6.42 Å². The number of hydrogen-bond acceptors (Lipinski definition) is 4. The maximum absolute atomic E-state index is 12.6. The number of nitro benzene ring substituents is 1. The first-order valence-corrected chi connectivity index (χ1v) is 7.66. The zero-order chi connectivity index (χ0) is 17.9. The Bertz CT molecular complexity index is 757. The SMILES string of the molecule is Cc1ccc(CC(C)N(C)C(=O)c2cc([N+](=O)[O-])ccc2N)cc1. The summed E-state index contributed by atoms with van der Waals surface area (Å²) < 4.78 is 0. The first kappa shape index (κ1) is 17.5. The Morgan fingerprint density at radius 1 is 1.25 bits per heavy atom. The summed E-state index contributed by atoms with van der Waals surface area (Å²) in [7, 11) is 1.68. The molecule has 0 saturated heterocycles. The number of likely N-dealkylation sites (N-methyl/N-ethyl adjacent to an activating group) is 1. The summed E-state index contributed by atoms with van der Waals surface area (Å²) in [6, 6.07) is 12.0. The second kappa shape index (κ2) is 7.12. The number of hydrogen-bond donors (Lipinski definition) is 1. The van der Waals surface area contributed by atoms with Gasteiger partial charge in [-0.15, -0.1) is 0 Å². The van der Waals surface area contributed by atoms with Crippen LogP contribution in [0.4, 0.5) is 11.4 Å². The normalized spacial score (nSPS) is 11.8. The Labute approximate surface area is 141 Å². The molecular formula is C18H21N3O3. The van der Waals surface area contributed by atoms with Crippen molar-refractivity contribution in [3.63, 3.8) is 0 Å². The molecule has 1 atom stereocenters. The molecule has 0 heterocycles. The van der Waals surface area contributed by atoms with E-state index in [1.165, 1.54) is 23.8 Å². The number of anilines is 1. The molecule has 0 aliphatic heterocycles. The van der Waals surface area contributed by atoms with Crippen molar-refractivity contribution in [2.75, 3.05) is 12.8 Å². The van der Waals surface area contributed by atoms with Gasteiger partial charge in [-0.1, -0.05) is 29.8 Å². The van der Waals surface area contributed by atoms with Crippen molar-refractivity contribution in [3.05, 3.63) is 69.3 Å². The first-order valence-electron chi connectivity index (χ1n) is 7.66. The van der Waals surface area contributed by atoms with Gasteiger partial charge in [0.05, 0.1) is 10.5 Å². The maximum Gasteiger partial charge on any atom is 0.270 e. The molecule has 0 aliphatic carbocycles. The van der Waals surface area contributed by atoms with Crippen molar-refractivity contribution in [2.45, 2.75) is 26.3 Å². The third-order valence-electron chi connectivity index (χ3n) is 4.11. The number of aryl methyl sites for hydroxylation is 1. The number of nitrogens with two attached hydrogens (primary N) is 1. The monoisotopic (exact) mass is 327 g/mol. The van der Waals surface area contributed by atoms with Crippen LogP contribution in [-0.4, -0.2) is 28.8 Å². The molecule has 6 heteroatoms. The zero-order valence-electron chi connectivity index (χ0n) is 14.0.